The molecule has 0 saturated carbocycles. The molecule has 2 saturated heterocycles. The van der Waals surface area contributed by atoms with Crippen LogP contribution in [0.5, 0.6) is 0 Å². The van der Waals surface area contributed by atoms with Crippen molar-refractivity contribution in [1.82, 2.24) is 14.3 Å². The molecule has 2 fully saturated rings. The van der Waals surface area contributed by atoms with E-state index in [1.807, 2.05) is 4.90 Å². The predicted molar refractivity (Wildman–Crippen MR) is 123 cm³/mol. The molecule has 182 valence electrons. The van der Waals surface area contributed by atoms with E-state index in [0.29, 0.717) is 50.8 Å². The fourth-order valence-electron chi connectivity index (χ4n) is 3.89. The number of piperidine rings is 1. The lowest BCUT2D eigenvalue weighted by Gasteiger charge is -2.30. The molecule has 12 heteroatoms. The van der Waals surface area contributed by atoms with Crippen LogP contribution in [-0.2, 0) is 29.1 Å². The van der Waals surface area contributed by atoms with E-state index in [9.17, 15) is 18.0 Å². The predicted octanol–water partition coefficient (Wildman–Crippen LogP) is 0.896. The fraction of sp³-hybridized carbons (Fsp3) is 0.455. The number of morpholine rings is 1. The van der Waals surface area contributed by atoms with Crippen molar-refractivity contribution in [3.05, 3.63) is 42.7 Å². The van der Waals surface area contributed by atoms with Gasteiger partial charge in [-0.3, -0.25) is 9.59 Å². The first kappa shape index (κ1) is 24.0. The van der Waals surface area contributed by atoms with Crippen molar-refractivity contribution in [2.45, 2.75) is 17.7 Å². The number of nitrogens with zero attached hydrogens (tertiary/aromatic N) is 4. The second-order valence-corrected chi connectivity index (χ2v) is 9.95. The van der Waals surface area contributed by atoms with Gasteiger partial charge in [-0.1, -0.05) is 6.07 Å². The minimum absolute atomic E-state index is 0.0818. The lowest BCUT2D eigenvalue weighted by molar-refractivity contribution is -0.152. The van der Waals surface area contributed by atoms with Crippen molar-refractivity contribution in [2.24, 2.45) is 5.92 Å². The van der Waals surface area contributed by atoms with Crippen LogP contribution in [0.4, 0.5) is 11.6 Å². The number of carbonyl (C=O) groups excluding carboxylic acids is 2. The van der Waals surface area contributed by atoms with Crippen molar-refractivity contribution in [2.75, 3.05) is 56.2 Å². The van der Waals surface area contributed by atoms with Crippen LogP contribution in [0, 0.1) is 5.92 Å². The molecule has 2 aliphatic heterocycles. The Bertz CT molecular complexity index is 1100. The van der Waals surface area contributed by atoms with Gasteiger partial charge in [-0.25, -0.2) is 18.4 Å². The number of benzene rings is 1. The number of carbonyl (C=O) groups is 2. The molecule has 3 heterocycles. The molecule has 0 unspecified atom stereocenters. The van der Waals surface area contributed by atoms with Gasteiger partial charge in [0.25, 0.3) is 5.91 Å². The minimum Gasteiger partial charge on any atom is -0.455 e. The van der Waals surface area contributed by atoms with Gasteiger partial charge in [-0.05, 0) is 37.1 Å². The van der Waals surface area contributed by atoms with Gasteiger partial charge in [0.1, 0.15) is 0 Å². The molecule has 1 N–H and O–H groups in total. The summed E-state index contributed by atoms with van der Waals surface area (Å²) in [4.78, 5) is 35.3. The molecular formula is C22H27N5O6S. The number of anilines is 2. The standard InChI is InChI=1S/C22H27N5O6S/c28-20(16-33-21(29)17-5-9-26(10-6-17)22-23-7-2-8-24-22)25-18-3-1-4-19(15-18)34(30,31)27-11-13-32-14-12-27/h1-4,7-8,15,17H,5-6,9-14,16H2,(H,25,28). The molecule has 2 aliphatic rings. The van der Waals surface area contributed by atoms with Crippen molar-refractivity contribution in [3.63, 3.8) is 0 Å². The Labute approximate surface area is 198 Å². The molecule has 0 spiro atoms. The summed E-state index contributed by atoms with van der Waals surface area (Å²) in [5.74, 6) is -0.627. The first-order valence-electron chi connectivity index (χ1n) is 11.1. The lowest BCUT2D eigenvalue weighted by Crippen LogP contribution is -2.40. The Morgan fingerprint density at radius 1 is 1.06 bits per heavy atom. The second kappa shape index (κ2) is 10.9. The van der Waals surface area contributed by atoms with Gasteiger partial charge >= 0.3 is 5.97 Å². The maximum atomic E-state index is 12.8. The number of esters is 1. The molecule has 34 heavy (non-hydrogen) atoms. The Balaban J connectivity index is 1.26. The highest BCUT2D eigenvalue weighted by atomic mass is 32.2. The van der Waals surface area contributed by atoms with Crippen LogP contribution in [0.15, 0.2) is 47.6 Å². The molecule has 1 aromatic carbocycles. The number of sulfonamides is 1. The summed E-state index contributed by atoms with van der Waals surface area (Å²) in [5.41, 5.74) is 0.312. The van der Waals surface area contributed by atoms with Gasteiger partial charge in [0.15, 0.2) is 6.61 Å². The highest BCUT2D eigenvalue weighted by molar-refractivity contribution is 7.89. The Morgan fingerprint density at radius 3 is 2.47 bits per heavy atom. The SMILES string of the molecule is O=C(COC(=O)C1CCN(c2ncccn2)CC1)Nc1cccc(S(=O)(=O)N2CCOCC2)c1. The molecule has 0 bridgehead atoms. The Kier molecular flexibility index (Phi) is 7.70. The first-order valence-corrected chi connectivity index (χ1v) is 12.5. The van der Waals surface area contributed by atoms with Crippen molar-refractivity contribution in [3.8, 4) is 0 Å². The molecule has 2 aromatic rings. The average Bonchev–Trinajstić information content (AvgIpc) is 2.88. The molecule has 0 radical (unpaired) electrons. The zero-order chi connectivity index (χ0) is 24.0. The Morgan fingerprint density at radius 2 is 1.76 bits per heavy atom. The van der Waals surface area contributed by atoms with Gasteiger partial charge in [-0.15, -0.1) is 0 Å². The van der Waals surface area contributed by atoms with Gasteiger partial charge in [0, 0.05) is 44.3 Å². The third-order valence-corrected chi connectivity index (χ3v) is 7.63. The zero-order valence-corrected chi connectivity index (χ0v) is 19.4. The van der Waals surface area contributed by atoms with Crippen LogP contribution in [0.3, 0.4) is 0 Å². The quantitative estimate of drug-likeness (QED) is 0.564. The van der Waals surface area contributed by atoms with Gasteiger partial charge in [0.2, 0.25) is 16.0 Å². The zero-order valence-electron chi connectivity index (χ0n) is 18.6. The normalized spacial score (nSPS) is 17.8. The number of amides is 1. The van der Waals surface area contributed by atoms with Gasteiger partial charge < -0.3 is 19.7 Å². The number of aromatic nitrogens is 2. The molecule has 11 nitrogen and oxygen atoms in total. The monoisotopic (exact) mass is 489 g/mol. The summed E-state index contributed by atoms with van der Waals surface area (Å²) in [6, 6.07) is 7.76. The van der Waals surface area contributed by atoms with E-state index < -0.39 is 28.5 Å². The summed E-state index contributed by atoms with van der Waals surface area (Å²) in [7, 11) is -3.68. The number of rotatable bonds is 7. The van der Waals surface area contributed by atoms with Crippen LogP contribution >= 0.6 is 0 Å². The van der Waals surface area contributed by atoms with E-state index >= 15 is 0 Å². The molecule has 0 aliphatic carbocycles. The topological polar surface area (TPSA) is 131 Å². The molecule has 4 rings (SSSR count). The Hall–Kier alpha value is -3.09. The molecule has 1 aromatic heterocycles. The van der Waals surface area contributed by atoms with Gasteiger partial charge in [-0.2, -0.15) is 4.31 Å². The first-order chi connectivity index (χ1) is 16.4. The van der Waals surface area contributed by atoms with E-state index in [2.05, 4.69) is 15.3 Å². The molecule has 1 amide bonds. The highest BCUT2D eigenvalue weighted by Crippen LogP contribution is 2.22. The van der Waals surface area contributed by atoms with Gasteiger partial charge in [0.05, 0.1) is 24.0 Å². The molecular weight excluding hydrogens is 462 g/mol. The lowest BCUT2D eigenvalue weighted by atomic mass is 9.97. The van der Waals surface area contributed by atoms with E-state index in [4.69, 9.17) is 9.47 Å². The van der Waals surface area contributed by atoms with Crippen LogP contribution in [-0.4, -0.2) is 80.6 Å². The number of hydrogen-bond donors (Lipinski definition) is 1. The fourth-order valence-corrected chi connectivity index (χ4v) is 5.35. The van der Waals surface area contributed by atoms with Crippen molar-refractivity contribution < 1.29 is 27.5 Å². The smallest absolute Gasteiger partial charge is 0.309 e. The van der Waals surface area contributed by atoms with Crippen molar-refractivity contribution in [1.29, 1.82) is 0 Å². The largest absolute Gasteiger partial charge is 0.455 e. The minimum atomic E-state index is -3.68. The van der Waals surface area contributed by atoms with E-state index in [1.54, 1.807) is 30.6 Å². The van der Waals surface area contributed by atoms with Crippen LogP contribution in [0.25, 0.3) is 0 Å². The van der Waals surface area contributed by atoms with Crippen molar-refractivity contribution >= 4 is 33.5 Å². The number of ether oxygens (including phenoxy) is 2. The summed E-state index contributed by atoms with van der Waals surface area (Å²) in [6.07, 6.45) is 4.52. The summed E-state index contributed by atoms with van der Waals surface area (Å²) in [5, 5.41) is 2.60. The average molecular weight is 490 g/mol. The summed E-state index contributed by atoms with van der Waals surface area (Å²) in [6.45, 7) is 2.07. The highest BCUT2D eigenvalue weighted by Gasteiger charge is 2.28. The van der Waals surface area contributed by atoms with E-state index in [1.165, 1.54) is 16.4 Å². The summed E-state index contributed by atoms with van der Waals surface area (Å²) >= 11 is 0. The van der Waals surface area contributed by atoms with Crippen LogP contribution in [0.1, 0.15) is 12.8 Å². The molecule has 0 atom stereocenters. The van der Waals surface area contributed by atoms with E-state index in [-0.39, 0.29) is 23.9 Å². The maximum Gasteiger partial charge on any atom is 0.309 e. The summed E-state index contributed by atoms with van der Waals surface area (Å²) < 4.78 is 37.4. The van der Waals surface area contributed by atoms with Crippen LogP contribution in [0.2, 0.25) is 0 Å². The second-order valence-electron chi connectivity index (χ2n) is 8.01. The third kappa shape index (κ3) is 5.88. The van der Waals surface area contributed by atoms with Crippen LogP contribution < -0.4 is 10.2 Å². The number of nitrogens with one attached hydrogen (secondary N) is 1. The van der Waals surface area contributed by atoms with E-state index in [0.717, 1.165) is 0 Å². The maximum absolute atomic E-state index is 12.8. The number of hydrogen-bond acceptors (Lipinski definition) is 9. The third-order valence-electron chi connectivity index (χ3n) is 5.73.